The van der Waals surface area contributed by atoms with Gasteiger partial charge in [-0.25, -0.2) is 0 Å². The number of methoxy groups -OCH3 is 2. The lowest BCUT2D eigenvalue weighted by Gasteiger charge is -2.50. The highest BCUT2D eigenvalue weighted by molar-refractivity contribution is 14.1. The number of fused-ring (bicyclic) bond motifs is 4. The fraction of sp³-hybridized carbons (Fsp3) is 0.368. The van der Waals surface area contributed by atoms with Crippen LogP contribution in [0.15, 0.2) is 66.2 Å². The highest BCUT2D eigenvalue weighted by Crippen LogP contribution is 2.65. The quantitative estimate of drug-likeness (QED) is 0.153. The van der Waals surface area contributed by atoms with Gasteiger partial charge in [0.1, 0.15) is 5.75 Å². The number of hydrogen-bond acceptors (Lipinski definition) is 8. The second kappa shape index (κ2) is 12.7. The van der Waals surface area contributed by atoms with Crippen LogP contribution < -0.4 is 14.9 Å². The number of phenolic OH excluding ortho intramolecular Hbond substituents is 1. The van der Waals surface area contributed by atoms with Crippen LogP contribution in [0, 0.1) is 27.2 Å². The van der Waals surface area contributed by atoms with Crippen LogP contribution in [0.5, 0.6) is 17.2 Å². The minimum Gasteiger partial charge on any atom is -0.504 e. The Morgan fingerprint density at radius 2 is 1.63 bits per heavy atom. The van der Waals surface area contributed by atoms with E-state index in [9.17, 15) is 19.5 Å². The molecular formula is C38H36Cl2IN3O7. The van der Waals surface area contributed by atoms with Crippen molar-refractivity contribution in [2.75, 3.05) is 19.6 Å². The van der Waals surface area contributed by atoms with Gasteiger partial charge >= 0.3 is 0 Å². The number of hydrogen-bond donors (Lipinski definition) is 2. The zero-order chi connectivity index (χ0) is 36.7. The molecule has 4 aliphatic rings. The number of phenols is 1. The topological polar surface area (TPSA) is 125 Å². The summed E-state index contributed by atoms with van der Waals surface area (Å²) >= 11 is 14.7. The lowest BCUT2D eigenvalue weighted by atomic mass is 9.49. The van der Waals surface area contributed by atoms with E-state index in [-0.39, 0.29) is 34.8 Å². The lowest BCUT2D eigenvalue weighted by Crippen LogP contribution is -2.53. The molecule has 4 amide bonds. The normalized spacial score (nSPS) is 27.2. The van der Waals surface area contributed by atoms with Crippen LogP contribution in [0.3, 0.4) is 0 Å². The highest BCUT2D eigenvalue weighted by atomic mass is 127. The minimum absolute atomic E-state index is 0.0613. The molecule has 2 N–H and O–H groups in total. The van der Waals surface area contributed by atoms with Gasteiger partial charge < -0.3 is 14.6 Å². The molecule has 13 heteroatoms. The Bertz CT molecular complexity index is 2030. The number of nitrogens with zero attached hydrogens (tertiary/aromatic N) is 2. The summed E-state index contributed by atoms with van der Waals surface area (Å²) in [5, 5.41) is 12.5. The third-order valence-corrected chi connectivity index (χ3v) is 12.2. The first kappa shape index (κ1) is 35.6. The molecule has 2 aliphatic heterocycles. The van der Waals surface area contributed by atoms with Crippen molar-refractivity contribution in [3.05, 3.63) is 91.0 Å². The van der Waals surface area contributed by atoms with Crippen LogP contribution in [-0.4, -0.2) is 58.4 Å². The van der Waals surface area contributed by atoms with Gasteiger partial charge in [-0.1, -0.05) is 47.0 Å². The van der Waals surface area contributed by atoms with Crippen molar-refractivity contribution in [1.82, 2.24) is 9.91 Å². The van der Waals surface area contributed by atoms with Gasteiger partial charge in [0.05, 0.1) is 51.7 Å². The Morgan fingerprint density at radius 3 is 2.25 bits per heavy atom. The zero-order valence-corrected chi connectivity index (χ0v) is 32.2. The van der Waals surface area contributed by atoms with E-state index in [1.807, 2.05) is 49.4 Å². The molecule has 7 rings (SSSR count). The zero-order valence-electron chi connectivity index (χ0n) is 28.5. The molecule has 0 spiro atoms. The molecule has 0 radical (unpaired) electrons. The monoisotopic (exact) mass is 843 g/mol. The Kier molecular flexibility index (Phi) is 8.86. The predicted molar refractivity (Wildman–Crippen MR) is 200 cm³/mol. The molecule has 2 aliphatic carbocycles. The van der Waals surface area contributed by atoms with Gasteiger partial charge in [0, 0.05) is 16.5 Å². The standard InChI is InChI=1S/C38H36Cl2IN3O7/c1-37(2,3)43-33(46)23-12-11-22-24(30(23)35(43)48)17-25-34(47)44(42-28-13-8-20(39)16-26(28)40)36(49)38(25,19-6-9-21(50-4)10-7-19)31(22)18-14-27(41)32(45)29(15-18)51-5/h6-11,13-16,23-25,30-31,42,45H,12,17H2,1-5H3. The fourth-order valence-electron chi connectivity index (χ4n) is 8.80. The van der Waals surface area contributed by atoms with E-state index in [0.29, 0.717) is 37.6 Å². The van der Waals surface area contributed by atoms with Gasteiger partial charge in [0.2, 0.25) is 11.8 Å². The number of benzene rings is 3. The maximum atomic E-state index is 15.4. The van der Waals surface area contributed by atoms with Crippen molar-refractivity contribution >= 4 is 75.1 Å². The maximum Gasteiger partial charge on any atom is 0.260 e. The van der Waals surface area contributed by atoms with Crippen LogP contribution in [0.4, 0.5) is 5.69 Å². The minimum atomic E-state index is -1.54. The second-order valence-electron chi connectivity index (χ2n) is 14.4. The molecule has 1 saturated carbocycles. The lowest BCUT2D eigenvalue weighted by molar-refractivity contribution is -0.146. The number of aromatic hydroxyl groups is 1. The van der Waals surface area contributed by atoms with Crippen molar-refractivity contribution in [1.29, 1.82) is 0 Å². The van der Waals surface area contributed by atoms with Crippen LogP contribution in [0.25, 0.3) is 0 Å². The largest absolute Gasteiger partial charge is 0.504 e. The molecule has 6 atom stereocenters. The van der Waals surface area contributed by atoms with Crippen molar-refractivity contribution in [2.24, 2.45) is 23.7 Å². The third kappa shape index (κ3) is 5.32. The molecular weight excluding hydrogens is 808 g/mol. The summed E-state index contributed by atoms with van der Waals surface area (Å²) in [7, 11) is 2.99. The average Bonchev–Trinajstić information content (AvgIpc) is 3.48. The van der Waals surface area contributed by atoms with Gasteiger partial charge in [0.25, 0.3) is 11.8 Å². The van der Waals surface area contributed by atoms with Crippen molar-refractivity contribution in [3.8, 4) is 17.2 Å². The SMILES string of the molecule is COc1ccc(C23C(=O)N(Nc4ccc(Cl)cc4Cl)C(=O)C2CC2C(=CCC4C(=O)N(C(C)(C)C)C(=O)C42)C3c2cc(I)c(O)c(OC)c2)cc1. The number of carbonyl (C=O) groups excluding carboxylic acids is 4. The van der Waals surface area contributed by atoms with Gasteiger partial charge in [-0.15, -0.1) is 0 Å². The molecule has 2 saturated heterocycles. The van der Waals surface area contributed by atoms with Gasteiger partial charge in [-0.3, -0.25) is 29.5 Å². The van der Waals surface area contributed by atoms with E-state index in [4.69, 9.17) is 32.7 Å². The summed E-state index contributed by atoms with van der Waals surface area (Å²) in [5.41, 5.74) is 2.99. The molecule has 6 unspecified atom stereocenters. The number of imide groups is 2. The van der Waals surface area contributed by atoms with Gasteiger partial charge in [-0.05, 0) is 116 Å². The molecule has 0 aromatic heterocycles. The number of ether oxygens (including phenoxy) is 2. The third-order valence-electron chi connectivity index (χ3n) is 10.9. The smallest absolute Gasteiger partial charge is 0.260 e. The summed E-state index contributed by atoms with van der Waals surface area (Å²) < 4.78 is 11.5. The predicted octanol–water partition coefficient (Wildman–Crippen LogP) is 7.10. The van der Waals surface area contributed by atoms with Crippen molar-refractivity contribution in [3.63, 3.8) is 0 Å². The van der Waals surface area contributed by atoms with E-state index in [1.165, 1.54) is 18.1 Å². The second-order valence-corrected chi connectivity index (χ2v) is 16.5. The number of nitrogens with one attached hydrogen (secondary N) is 1. The Hall–Kier alpha value is -3.81. The highest BCUT2D eigenvalue weighted by Gasteiger charge is 2.70. The maximum absolute atomic E-state index is 15.4. The molecule has 10 nitrogen and oxygen atoms in total. The summed E-state index contributed by atoms with van der Waals surface area (Å²) in [6.07, 6.45) is 2.42. The molecule has 3 aromatic carbocycles. The fourth-order valence-corrected chi connectivity index (χ4v) is 9.87. The number of halogens is 3. The Morgan fingerprint density at radius 1 is 0.922 bits per heavy atom. The van der Waals surface area contributed by atoms with Gasteiger partial charge in [0.15, 0.2) is 11.5 Å². The number of hydrazine groups is 1. The van der Waals surface area contributed by atoms with E-state index in [2.05, 4.69) is 5.43 Å². The van der Waals surface area contributed by atoms with E-state index in [0.717, 1.165) is 10.6 Å². The average molecular weight is 845 g/mol. The van der Waals surface area contributed by atoms with E-state index in [1.54, 1.807) is 55.6 Å². The number of rotatable bonds is 6. The van der Waals surface area contributed by atoms with Gasteiger partial charge in [-0.2, -0.15) is 5.01 Å². The Balaban J connectivity index is 1.49. The first-order valence-electron chi connectivity index (χ1n) is 16.5. The summed E-state index contributed by atoms with van der Waals surface area (Å²) in [6.45, 7) is 5.51. The molecule has 3 fully saturated rings. The number of likely N-dealkylation sites (tertiary alicyclic amines) is 1. The summed E-state index contributed by atoms with van der Waals surface area (Å²) in [6, 6.07) is 15.3. The molecule has 0 bridgehead atoms. The first-order chi connectivity index (χ1) is 24.1. The number of allylic oxidation sites excluding steroid dienone is 2. The van der Waals surface area contributed by atoms with E-state index >= 15 is 4.79 Å². The first-order valence-corrected chi connectivity index (χ1v) is 18.4. The molecule has 51 heavy (non-hydrogen) atoms. The number of amides is 4. The van der Waals surface area contributed by atoms with Crippen LogP contribution in [0.2, 0.25) is 10.0 Å². The molecule has 2 heterocycles. The molecule has 266 valence electrons. The van der Waals surface area contributed by atoms with Crippen molar-refractivity contribution in [2.45, 2.75) is 50.5 Å². The van der Waals surface area contributed by atoms with Crippen molar-refractivity contribution < 1.29 is 33.8 Å². The number of anilines is 1. The van der Waals surface area contributed by atoms with Crippen LogP contribution >= 0.6 is 45.8 Å². The van der Waals surface area contributed by atoms with E-state index < -0.39 is 52.4 Å². The summed E-state index contributed by atoms with van der Waals surface area (Å²) in [4.78, 5) is 59.8. The summed E-state index contributed by atoms with van der Waals surface area (Å²) in [5.74, 6) is -4.48. The van der Waals surface area contributed by atoms with Crippen LogP contribution in [-0.2, 0) is 24.6 Å². The number of carbonyl (C=O) groups is 4. The van der Waals surface area contributed by atoms with Crippen LogP contribution in [0.1, 0.15) is 50.7 Å². The molecule has 3 aromatic rings. The Labute approximate surface area is 319 Å².